The lowest BCUT2D eigenvalue weighted by Gasteiger charge is -2.05. The van der Waals surface area contributed by atoms with Crippen LogP contribution in [0.3, 0.4) is 0 Å². The molecule has 1 nitrogen and oxygen atoms in total. The maximum Gasteiger partial charge on any atom is 0.123 e. The molecule has 1 N–H and O–H groups in total. The van der Waals surface area contributed by atoms with Crippen LogP contribution in [0.4, 0.5) is 4.39 Å². The van der Waals surface area contributed by atoms with E-state index >= 15 is 0 Å². The van der Waals surface area contributed by atoms with E-state index in [4.69, 9.17) is 11.6 Å². The molecule has 0 aliphatic heterocycles. The van der Waals surface area contributed by atoms with E-state index in [9.17, 15) is 4.39 Å². The minimum atomic E-state index is -0.241. The van der Waals surface area contributed by atoms with Crippen molar-refractivity contribution in [1.29, 1.82) is 0 Å². The van der Waals surface area contributed by atoms with Gasteiger partial charge < -0.3 is 5.32 Å². The molecular formula is C10H10BrClFN. The third kappa shape index (κ3) is 3.78. The van der Waals surface area contributed by atoms with Gasteiger partial charge in [-0.05, 0) is 23.8 Å². The quantitative estimate of drug-likeness (QED) is 0.890. The van der Waals surface area contributed by atoms with Crippen molar-refractivity contribution < 1.29 is 4.39 Å². The van der Waals surface area contributed by atoms with Crippen LogP contribution in [-0.2, 0) is 6.54 Å². The van der Waals surface area contributed by atoms with Gasteiger partial charge in [0.2, 0.25) is 0 Å². The predicted molar refractivity (Wildman–Crippen MR) is 60.8 cm³/mol. The van der Waals surface area contributed by atoms with Gasteiger partial charge in [-0.3, -0.25) is 0 Å². The first-order valence-corrected chi connectivity index (χ1v) is 5.24. The van der Waals surface area contributed by atoms with E-state index in [1.165, 1.54) is 12.1 Å². The van der Waals surface area contributed by atoms with E-state index in [0.29, 0.717) is 18.1 Å². The van der Waals surface area contributed by atoms with Crippen LogP contribution in [0.25, 0.3) is 0 Å². The van der Waals surface area contributed by atoms with Crippen LogP contribution in [-0.4, -0.2) is 6.54 Å². The molecule has 0 aromatic heterocycles. The van der Waals surface area contributed by atoms with Crippen LogP contribution in [0.2, 0.25) is 0 Å². The number of halogens is 3. The van der Waals surface area contributed by atoms with Crippen LogP contribution in [0, 0.1) is 5.82 Å². The Morgan fingerprint density at radius 2 is 2.29 bits per heavy atom. The topological polar surface area (TPSA) is 12.0 Å². The molecule has 0 bridgehead atoms. The standard InChI is InChI=1S/C10H10BrClFN/c1-7(12)5-14-6-8-4-9(13)2-3-10(8)11/h2-4,14H,1,5-6H2. The molecule has 1 rings (SSSR count). The van der Waals surface area contributed by atoms with E-state index in [2.05, 4.69) is 27.8 Å². The SMILES string of the molecule is C=C(Cl)CNCc1cc(F)ccc1Br. The highest BCUT2D eigenvalue weighted by Crippen LogP contribution is 2.17. The molecule has 0 fully saturated rings. The molecule has 0 aliphatic carbocycles. The minimum absolute atomic E-state index is 0.241. The molecule has 0 amide bonds. The Labute approximate surface area is 96.1 Å². The summed E-state index contributed by atoms with van der Waals surface area (Å²) in [6.45, 7) is 4.62. The number of hydrogen-bond donors (Lipinski definition) is 1. The molecule has 4 heteroatoms. The summed E-state index contributed by atoms with van der Waals surface area (Å²) in [6.07, 6.45) is 0. The van der Waals surface area contributed by atoms with Crippen LogP contribution < -0.4 is 5.32 Å². The molecule has 0 unspecified atom stereocenters. The molecule has 0 spiro atoms. The Morgan fingerprint density at radius 1 is 1.57 bits per heavy atom. The maximum absolute atomic E-state index is 12.8. The van der Waals surface area contributed by atoms with Crippen molar-refractivity contribution in [2.45, 2.75) is 6.54 Å². The van der Waals surface area contributed by atoms with Gasteiger partial charge >= 0.3 is 0 Å². The normalized spacial score (nSPS) is 10.2. The van der Waals surface area contributed by atoms with E-state index in [1.54, 1.807) is 6.07 Å². The Morgan fingerprint density at radius 3 is 2.93 bits per heavy atom. The number of rotatable bonds is 4. The van der Waals surface area contributed by atoms with Crippen LogP contribution >= 0.6 is 27.5 Å². The summed E-state index contributed by atoms with van der Waals surface area (Å²) in [7, 11) is 0. The summed E-state index contributed by atoms with van der Waals surface area (Å²) in [5, 5.41) is 3.58. The third-order valence-electron chi connectivity index (χ3n) is 1.64. The van der Waals surface area contributed by atoms with Crippen molar-refractivity contribution in [2.75, 3.05) is 6.54 Å². The fourth-order valence-corrected chi connectivity index (χ4v) is 1.49. The molecule has 1 aromatic rings. The van der Waals surface area contributed by atoms with E-state index in [0.717, 1.165) is 10.0 Å². The second-order valence-electron chi connectivity index (χ2n) is 2.86. The Bertz CT molecular complexity index is 341. The number of hydrogen-bond acceptors (Lipinski definition) is 1. The van der Waals surface area contributed by atoms with E-state index in [-0.39, 0.29) is 5.82 Å². The molecule has 1 aromatic carbocycles. The van der Waals surface area contributed by atoms with Crippen molar-refractivity contribution >= 4 is 27.5 Å². The summed E-state index contributed by atoms with van der Waals surface area (Å²) >= 11 is 8.91. The fourth-order valence-electron chi connectivity index (χ4n) is 1.01. The summed E-state index contributed by atoms with van der Waals surface area (Å²) in [5.74, 6) is -0.241. The minimum Gasteiger partial charge on any atom is -0.308 e. The molecule has 76 valence electrons. The summed E-state index contributed by atoms with van der Waals surface area (Å²) in [4.78, 5) is 0. The zero-order chi connectivity index (χ0) is 10.6. The van der Waals surface area contributed by atoms with Crippen LogP contribution in [0.15, 0.2) is 34.3 Å². The lowest BCUT2D eigenvalue weighted by atomic mass is 10.2. The van der Waals surface area contributed by atoms with Crippen molar-refractivity contribution in [3.63, 3.8) is 0 Å². The van der Waals surface area contributed by atoms with Gasteiger partial charge in [0.25, 0.3) is 0 Å². The van der Waals surface area contributed by atoms with Gasteiger partial charge in [0.05, 0.1) is 0 Å². The van der Waals surface area contributed by atoms with Gasteiger partial charge in [0, 0.05) is 22.6 Å². The number of benzene rings is 1. The van der Waals surface area contributed by atoms with Gasteiger partial charge in [-0.1, -0.05) is 34.1 Å². The molecule has 0 saturated heterocycles. The van der Waals surface area contributed by atoms with Gasteiger partial charge in [-0.2, -0.15) is 0 Å². The second kappa shape index (κ2) is 5.49. The molecule has 0 heterocycles. The smallest absolute Gasteiger partial charge is 0.123 e. The molecule has 0 radical (unpaired) electrons. The lowest BCUT2D eigenvalue weighted by molar-refractivity contribution is 0.622. The van der Waals surface area contributed by atoms with Gasteiger partial charge in [0.1, 0.15) is 5.82 Å². The van der Waals surface area contributed by atoms with Crippen molar-refractivity contribution in [3.8, 4) is 0 Å². The second-order valence-corrected chi connectivity index (χ2v) is 4.25. The third-order valence-corrected chi connectivity index (χ3v) is 2.55. The number of nitrogens with one attached hydrogen (secondary N) is 1. The van der Waals surface area contributed by atoms with Crippen LogP contribution in [0.1, 0.15) is 5.56 Å². The first-order chi connectivity index (χ1) is 6.59. The lowest BCUT2D eigenvalue weighted by Crippen LogP contribution is -2.14. The van der Waals surface area contributed by atoms with Gasteiger partial charge in [-0.15, -0.1) is 0 Å². The average Bonchev–Trinajstić information content (AvgIpc) is 2.10. The highest BCUT2D eigenvalue weighted by molar-refractivity contribution is 9.10. The highest BCUT2D eigenvalue weighted by atomic mass is 79.9. The molecule has 0 aliphatic rings. The maximum atomic E-state index is 12.8. The summed E-state index contributed by atoms with van der Waals surface area (Å²) in [6, 6.07) is 4.57. The van der Waals surface area contributed by atoms with Crippen molar-refractivity contribution in [1.82, 2.24) is 5.32 Å². The first kappa shape index (κ1) is 11.7. The van der Waals surface area contributed by atoms with Gasteiger partial charge in [-0.25, -0.2) is 4.39 Å². The highest BCUT2D eigenvalue weighted by Gasteiger charge is 2.01. The monoisotopic (exact) mass is 277 g/mol. The van der Waals surface area contributed by atoms with Crippen molar-refractivity contribution in [2.24, 2.45) is 0 Å². The molecule has 0 saturated carbocycles. The Balaban J connectivity index is 2.57. The van der Waals surface area contributed by atoms with E-state index in [1.807, 2.05) is 0 Å². The zero-order valence-corrected chi connectivity index (χ0v) is 9.83. The van der Waals surface area contributed by atoms with Crippen LogP contribution in [0.5, 0.6) is 0 Å². The molecular weight excluding hydrogens is 268 g/mol. The zero-order valence-electron chi connectivity index (χ0n) is 7.49. The fraction of sp³-hybridized carbons (Fsp3) is 0.200. The largest absolute Gasteiger partial charge is 0.308 e. The molecule has 14 heavy (non-hydrogen) atoms. The Kier molecular flexibility index (Phi) is 4.58. The first-order valence-electron chi connectivity index (χ1n) is 4.07. The van der Waals surface area contributed by atoms with E-state index < -0.39 is 0 Å². The Hall–Kier alpha value is -0.380. The molecule has 0 atom stereocenters. The predicted octanol–water partition coefficient (Wildman–Crippen LogP) is 3.43. The van der Waals surface area contributed by atoms with Gasteiger partial charge in [0.15, 0.2) is 0 Å². The average molecular weight is 279 g/mol. The summed E-state index contributed by atoms with van der Waals surface area (Å²) in [5.41, 5.74) is 0.864. The van der Waals surface area contributed by atoms with Crippen molar-refractivity contribution in [3.05, 3.63) is 45.7 Å². The summed E-state index contributed by atoms with van der Waals surface area (Å²) < 4.78 is 13.7.